The second-order valence-corrected chi connectivity index (χ2v) is 7.11. The number of methoxy groups -OCH3 is 1. The van der Waals surface area contributed by atoms with Gasteiger partial charge in [0, 0.05) is 24.1 Å². The lowest BCUT2D eigenvalue weighted by Gasteiger charge is -2.23. The fourth-order valence-corrected chi connectivity index (χ4v) is 3.16. The van der Waals surface area contributed by atoms with Crippen molar-refractivity contribution in [2.45, 2.75) is 33.1 Å². The topological polar surface area (TPSA) is 31.2 Å². The molecule has 0 aliphatic rings. The van der Waals surface area contributed by atoms with Crippen LogP contribution >= 0.6 is 0 Å². The van der Waals surface area contributed by atoms with Gasteiger partial charge in [0.15, 0.2) is 0 Å². The number of carbonyl (C=O) groups excluding carboxylic acids is 1. The highest BCUT2D eigenvalue weighted by Gasteiger charge is 2.22. The van der Waals surface area contributed by atoms with E-state index in [0.29, 0.717) is 0 Å². The lowest BCUT2D eigenvalue weighted by molar-refractivity contribution is 0.0942. The van der Waals surface area contributed by atoms with Gasteiger partial charge in [-0.05, 0) is 34.7 Å². The second-order valence-electron chi connectivity index (χ2n) is 7.11. The molecule has 0 bridgehead atoms. The van der Waals surface area contributed by atoms with E-state index >= 15 is 0 Å². The normalized spacial score (nSPS) is 11.7. The van der Waals surface area contributed by atoms with Crippen LogP contribution in [0.4, 0.5) is 0 Å². The summed E-state index contributed by atoms with van der Waals surface area (Å²) in [6.45, 7) is 8.16. The van der Waals surface area contributed by atoms with Crippen molar-refractivity contribution in [3.8, 4) is 16.9 Å². The minimum absolute atomic E-state index is 0.0169. The van der Waals surface area contributed by atoms with Gasteiger partial charge < -0.3 is 4.74 Å². The first-order valence-corrected chi connectivity index (χ1v) is 8.13. The van der Waals surface area contributed by atoms with Crippen molar-refractivity contribution < 1.29 is 9.53 Å². The highest BCUT2D eigenvalue weighted by molar-refractivity contribution is 6.02. The number of rotatable bonds is 2. The number of benzene rings is 2. The summed E-state index contributed by atoms with van der Waals surface area (Å²) < 4.78 is 7.14. The van der Waals surface area contributed by atoms with Crippen molar-refractivity contribution in [2.24, 2.45) is 0 Å². The van der Waals surface area contributed by atoms with E-state index in [2.05, 4.69) is 39.0 Å². The number of carbonyl (C=O) groups is 1. The van der Waals surface area contributed by atoms with Crippen LogP contribution < -0.4 is 4.74 Å². The quantitative estimate of drug-likeness (QED) is 0.643. The SMILES string of the molecule is COc1ccc(-c2cn(C(C)=O)c3ccccc23)c(C(C)(C)C)c1. The summed E-state index contributed by atoms with van der Waals surface area (Å²) in [4.78, 5) is 12.0. The van der Waals surface area contributed by atoms with Crippen molar-refractivity contribution in [2.75, 3.05) is 7.11 Å². The molecular formula is C21H23NO2. The third-order valence-electron chi connectivity index (χ3n) is 4.38. The number of ether oxygens (including phenoxy) is 1. The summed E-state index contributed by atoms with van der Waals surface area (Å²) in [7, 11) is 1.68. The van der Waals surface area contributed by atoms with Crippen molar-refractivity contribution in [3.63, 3.8) is 0 Å². The number of hydrogen-bond donors (Lipinski definition) is 0. The van der Waals surface area contributed by atoms with Crippen LogP contribution in [0.25, 0.3) is 22.0 Å². The fraction of sp³-hybridized carbons (Fsp3) is 0.286. The maximum Gasteiger partial charge on any atom is 0.227 e. The summed E-state index contributed by atoms with van der Waals surface area (Å²) in [5, 5.41) is 1.09. The largest absolute Gasteiger partial charge is 0.497 e. The highest BCUT2D eigenvalue weighted by atomic mass is 16.5. The minimum Gasteiger partial charge on any atom is -0.497 e. The Morgan fingerprint density at radius 2 is 1.75 bits per heavy atom. The van der Waals surface area contributed by atoms with E-state index in [0.717, 1.165) is 27.8 Å². The molecule has 0 unspecified atom stereocenters. The lowest BCUT2D eigenvalue weighted by Crippen LogP contribution is -2.13. The molecule has 3 rings (SSSR count). The number of hydrogen-bond acceptors (Lipinski definition) is 2. The molecule has 3 aromatic rings. The number of fused-ring (bicyclic) bond motifs is 1. The molecule has 3 heteroatoms. The van der Waals surface area contributed by atoms with E-state index in [1.165, 1.54) is 5.56 Å². The van der Waals surface area contributed by atoms with Gasteiger partial charge in [0.05, 0.1) is 12.6 Å². The van der Waals surface area contributed by atoms with Crippen LogP contribution in [0, 0.1) is 0 Å². The Bertz CT molecular complexity index is 913. The average Bonchev–Trinajstić information content (AvgIpc) is 2.93. The van der Waals surface area contributed by atoms with E-state index in [1.54, 1.807) is 18.6 Å². The second kappa shape index (κ2) is 5.82. The van der Waals surface area contributed by atoms with Gasteiger partial charge in [-0.15, -0.1) is 0 Å². The Labute approximate surface area is 142 Å². The first-order chi connectivity index (χ1) is 11.3. The van der Waals surface area contributed by atoms with Crippen LogP contribution in [0.1, 0.15) is 38.1 Å². The van der Waals surface area contributed by atoms with Gasteiger partial charge in [-0.25, -0.2) is 0 Å². The Balaban J connectivity index is 2.34. The molecule has 0 aliphatic heterocycles. The monoisotopic (exact) mass is 321 g/mol. The van der Waals surface area contributed by atoms with E-state index in [1.807, 2.05) is 30.5 Å². The maximum absolute atomic E-state index is 12.0. The molecule has 1 aromatic heterocycles. The molecule has 0 N–H and O–H groups in total. The van der Waals surface area contributed by atoms with Crippen molar-refractivity contribution in [1.82, 2.24) is 4.57 Å². The smallest absolute Gasteiger partial charge is 0.227 e. The molecule has 0 saturated heterocycles. The summed E-state index contributed by atoms with van der Waals surface area (Å²) in [6.07, 6.45) is 1.95. The van der Waals surface area contributed by atoms with Crippen LogP contribution in [0.2, 0.25) is 0 Å². The summed E-state index contributed by atoms with van der Waals surface area (Å²) in [5.74, 6) is 0.863. The summed E-state index contributed by atoms with van der Waals surface area (Å²) >= 11 is 0. The molecular weight excluding hydrogens is 298 g/mol. The van der Waals surface area contributed by atoms with E-state index in [4.69, 9.17) is 4.74 Å². The molecule has 0 amide bonds. The first kappa shape index (κ1) is 16.3. The van der Waals surface area contributed by atoms with Crippen molar-refractivity contribution in [1.29, 1.82) is 0 Å². The molecule has 2 aromatic carbocycles. The van der Waals surface area contributed by atoms with Crippen molar-refractivity contribution in [3.05, 3.63) is 54.2 Å². The Hall–Kier alpha value is -2.55. The van der Waals surface area contributed by atoms with Crippen LogP contribution in [0.3, 0.4) is 0 Å². The third-order valence-corrected chi connectivity index (χ3v) is 4.38. The van der Waals surface area contributed by atoms with Gasteiger partial charge >= 0.3 is 0 Å². The van der Waals surface area contributed by atoms with Gasteiger partial charge in [-0.3, -0.25) is 9.36 Å². The van der Waals surface area contributed by atoms with Crippen LogP contribution in [0.5, 0.6) is 5.75 Å². The van der Waals surface area contributed by atoms with Gasteiger partial charge in [0.25, 0.3) is 0 Å². The highest BCUT2D eigenvalue weighted by Crippen LogP contribution is 2.39. The van der Waals surface area contributed by atoms with Crippen molar-refractivity contribution >= 4 is 16.8 Å². The lowest BCUT2D eigenvalue weighted by atomic mass is 9.81. The number of nitrogens with zero attached hydrogens (tertiary/aromatic N) is 1. The zero-order valence-corrected chi connectivity index (χ0v) is 14.9. The molecule has 124 valence electrons. The first-order valence-electron chi connectivity index (χ1n) is 8.13. The van der Waals surface area contributed by atoms with Crippen LogP contribution in [0.15, 0.2) is 48.7 Å². The zero-order valence-electron chi connectivity index (χ0n) is 14.9. The molecule has 0 radical (unpaired) electrons. The van der Waals surface area contributed by atoms with Gasteiger partial charge in [-0.1, -0.05) is 45.0 Å². The molecule has 0 fully saturated rings. The molecule has 0 aliphatic carbocycles. The average molecular weight is 321 g/mol. The number of aromatic nitrogens is 1. The predicted molar refractivity (Wildman–Crippen MR) is 98.9 cm³/mol. The Kier molecular flexibility index (Phi) is 3.96. The summed E-state index contributed by atoms with van der Waals surface area (Å²) in [6, 6.07) is 14.2. The summed E-state index contributed by atoms with van der Waals surface area (Å²) in [5.41, 5.74) is 4.32. The van der Waals surface area contributed by atoms with Gasteiger partial charge in [0.1, 0.15) is 5.75 Å². The van der Waals surface area contributed by atoms with E-state index in [9.17, 15) is 4.79 Å². The molecule has 0 spiro atoms. The molecule has 0 atom stereocenters. The molecule has 3 nitrogen and oxygen atoms in total. The van der Waals surface area contributed by atoms with Gasteiger partial charge in [0.2, 0.25) is 5.91 Å². The Morgan fingerprint density at radius 3 is 2.38 bits per heavy atom. The van der Waals surface area contributed by atoms with E-state index in [-0.39, 0.29) is 11.3 Å². The number of para-hydroxylation sites is 1. The van der Waals surface area contributed by atoms with E-state index < -0.39 is 0 Å². The predicted octanol–water partition coefficient (Wildman–Crippen LogP) is 5.27. The standard InChI is InChI=1S/C21H23NO2/c1-14(23)22-13-18(17-8-6-7-9-20(17)22)16-11-10-15(24-5)12-19(16)21(2,3)4/h6-13H,1-5H3. The third kappa shape index (κ3) is 2.71. The zero-order chi connectivity index (χ0) is 17.5. The maximum atomic E-state index is 12.0. The van der Waals surface area contributed by atoms with Crippen LogP contribution in [-0.4, -0.2) is 17.6 Å². The molecule has 24 heavy (non-hydrogen) atoms. The Morgan fingerprint density at radius 1 is 1.04 bits per heavy atom. The molecule has 1 heterocycles. The molecule has 0 saturated carbocycles. The fourth-order valence-electron chi connectivity index (χ4n) is 3.16. The van der Waals surface area contributed by atoms with Gasteiger partial charge in [-0.2, -0.15) is 0 Å². The van der Waals surface area contributed by atoms with Crippen LogP contribution in [-0.2, 0) is 5.41 Å². The minimum atomic E-state index is -0.0384.